The molecule has 0 saturated carbocycles. The summed E-state index contributed by atoms with van der Waals surface area (Å²) >= 11 is 0. The summed E-state index contributed by atoms with van der Waals surface area (Å²) in [7, 11) is 0. The van der Waals surface area contributed by atoms with Gasteiger partial charge in [0.25, 0.3) is 0 Å². The Bertz CT molecular complexity index is 700. The average Bonchev–Trinajstić information content (AvgIpc) is 2.68. The Morgan fingerprint density at radius 2 is 1.79 bits per heavy atom. The van der Waals surface area contributed by atoms with E-state index in [-0.39, 0.29) is 6.03 Å². The highest BCUT2D eigenvalue weighted by Crippen LogP contribution is 2.33. The minimum atomic E-state index is -0.602. The number of carbonyl (C=O) groups is 2. The van der Waals surface area contributed by atoms with Crippen molar-refractivity contribution in [2.24, 2.45) is 0 Å². The van der Waals surface area contributed by atoms with Gasteiger partial charge in [-0.2, -0.15) is 0 Å². The predicted octanol–water partition coefficient (Wildman–Crippen LogP) is 4.62. The number of allylic oxidation sites excluding steroid dienone is 1. The molecule has 2 amide bonds. The van der Waals surface area contributed by atoms with Crippen LogP contribution in [-0.4, -0.2) is 25.2 Å². The summed E-state index contributed by atoms with van der Waals surface area (Å²) in [5.41, 5.74) is 1.67. The largest absolute Gasteiger partial charge is 0.493 e. The lowest BCUT2D eigenvalue weighted by atomic mass is 9.95. The molecule has 6 nitrogen and oxygen atoms in total. The Hall–Kier alpha value is -2.50. The molecule has 0 spiro atoms. The van der Waals surface area contributed by atoms with Crippen molar-refractivity contribution in [3.05, 3.63) is 41.1 Å². The van der Waals surface area contributed by atoms with Crippen molar-refractivity contribution in [3.63, 3.8) is 0 Å². The Kier molecular flexibility index (Phi) is 8.85. The lowest BCUT2D eigenvalue weighted by Gasteiger charge is -2.29. The number of hydrogen-bond acceptors (Lipinski definition) is 4. The van der Waals surface area contributed by atoms with Crippen LogP contribution in [0.1, 0.15) is 70.9 Å². The molecule has 6 heteroatoms. The highest BCUT2D eigenvalue weighted by Gasteiger charge is 2.33. The third kappa shape index (κ3) is 6.01. The Morgan fingerprint density at radius 1 is 1.04 bits per heavy atom. The smallest absolute Gasteiger partial charge is 0.338 e. The van der Waals surface area contributed by atoms with Crippen LogP contribution in [0.25, 0.3) is 0 Å². The number of urea groups is 1. The van der Waals surface area contributed by atoms with Crippen LogP contribution in [0, 0.1) is 0 Å². The number of nitrogens with one attached hydrogen (secondary N) is 2. The predicted molar refractivity (Wildman–Crippen MR) is 109 cm³/mol. The fraction of sp³-hybridized carbons (Fsp3) is 0.545. The van der Waals surface area contributed by atoms with Gasteiger partial charge in [-0.3, -0.25) is 0 Å². The maximum atomic E-state index is 12.6. The number of para-hydroxylation sites is 1. The standard InChI is InChI=1S/C22H32N2O4/c1-4-6-7-8-11-15-27-18-13-10-9-12-17(18)20-19(21(25)28-14-5-2)16(3)23-22(26)24-20/h9-10,12-13,20H,4-8,11,14-15H2,1-3H3,(H2,23,24,26). The molecule has 1 aliphatic heterocycles. The van der Waals surface area contributed by atoms with E-state index >= 15 is 0 Å². The second kappa shape index (κ2) is 11.4. The number of unbranched alkanes of at least 4 members (excludes halogenated alkanes) is 4. The van der Waals surface area contributed by atoms with E-state index in [9.17, 15) is 9.59 Å². The topological polar surface area (TPSA) is 76.7 Å². The second-order valence-corrected chi connectivity index (χ2v) is 7.01. The molecule has 1 atom stereocenters. The molecule has 28 heavy (non-hydrogen) atoms. The molecule has 2 N–H and O–H groups in total. The van der Waals surface area contributed by atoms with Gasteiger partial charge in [0, 0.05) is 11.3 Å². The molecule has 154 valence electrons. The fourth-order valence-corrected chi connectivity index (χ4v) is 3.21. The Labute approximate surface area is 167 Å². The third-order valence-corrected chi connectivity index (χ3v) is 4.66. The van der Waals surface area contributed by atoms with E-state index in [1.165, 1.54) is 19.3 Å². The summed E-state index contributed by atoms with van der Waals surface area (Å²) in [5, 5.41) is 5.51. The summed E-state index contributed by atoms with van der Waals surface area (Å²) < 4.78 is 11.3. The summed E-state index contributed by atoms with van der Waals surface area (Å²) in [5.74, 6) is 0.255. The van der Waals surface area contributed by atoms with Crippen LogP contribution >= 0.6 is 0 Å². The molecule has 1 heterocycles. The van der Waals surface area contributed by atoms with E-state index in [0.717, 1.165) is 24.8 Å². The molecule has 1 unspecified atom stereocenters. The minimum absolute atomic E-state index is 0.339. The van der Waals surface area contributed by atoms with Crippen LogP contribution in [0.2, 0.25) is 0 Å². The third-order valence-electron chi connectivity index (χ3n) is 4.66. The lowest BCUT2D eigenvalue weighted by molar-refractivity contribution is -0.139. The van der Waals surface area contributed by atoms with Gasteiger partial charge in [0.15, 0.2) is 0 Å². The van der Waals surface area contributed by atoms with Gasteiger partial charge in [-0.05, 0) is 25.8 Å². The molecule has 1 aromatic carbocycles. The maximum absolute atomic E-state index is 12.6. The number of ether oxygens (including phenoxy) is 2. The molecule has 0 bridgehead atoms. The van der Waals surface area contributed by atoms with E-state index in [4.69, 9.17) is 9.47 Å². The maximum Gasteiger partial charge on any atom is 0.338 e. The van der Waals surface area contributed by atoms with Gasteiger partial charge in [0.1, 0.15) is 5.75 Å². The summed E-state index contributed by atoms with van der Waals surface area (Å²) in [6.07, 6.45) is 6.51. The first-order valence-electron chi connectivity index (χ1n) is 10.3. The van der Waals surface area contributed by atoms with Crippen molar-refractivity contribution < 1.29 is 19.1 Å². The van der Waals surface area contributed by atoms with E-state index in [1.54, 1.807) is 6.92 Å². The van der Waals surface area contributed by atoms with Crippen molar-refractivity contribution in [1.29, 1.82) is 0 Å². The van der Waals surface area contributed by atoms with Gasteiger partial charge in [-0.1, -0.05) is 57.7 Å². The van der Waals surface area contributed by atoms with Crippen molar-refractivity contribution in [1.82, 2.24) is 10.6 Å². The zero-order valence-electron chi connectivity index (χ0n) is 17.2. The molecule has 0 aliphatic carbocycles. The summed E-state index contributed by atoms with van der Waals surface area (Å²) in [6.45, 7) is 6.80. The zero-order chi connectivity index (χ0) is 20.4. The number of carbonyl (C=O) groups excluding carboxylic acids is 2. The molecule has 2 rings (SSSR count). The Balaban J connectivity index is 2.17. The monoisotopic (exact) mass is 388 g/mol. The summed E-state index contributed by atoms with van der Waals surface area (Å²) in [4.78, 5) is 24.7. The first-order valence-corrected chi connectivity index (χ1v) is 10.3. The number of benzene rings is 1. The van der Waals surface area contributed by atoms with Crippen molar-refractivity contribution in [3.8, 4) is 5.75 Å². The average molecular weight is 389 g/mol. The van der Waals surface area contributed by atoms with Crippen molar-refractivity contribution >= 4 is 12.0 Å². The van der Waals surface area contributed by atoms with E-state index in [2.05, 4.69) is 17.6 Å². The molecule has 0 radical (unpaired) electrons. The van der Waals surface area contributed by atoms with Gasteiger partial charge in [0.2, 0.25) is 0 Å². The van der Waals surface area contributed by atoms with Crippen molar-refractivity contribution in [2.75, 3.05) is 13.2 Å². The fourth-order valence-electron chi connectivity index (χ4n) is 3.21. The molecule has 0 fully saturated rings. The van der Waals surface area contributed by atoms with E-state index < -0.39 is 12.0 Å². The normalized spacial score (nSPS) is 16.4. The molecule has 0 saturated heterocycles. The number of esters is 1. The van der Waals surface area contributed by atoms with Gasteiger partial charge < -0.3 is 20.1 Å². The van der Waals surface area contributed by atoms with E-state index in [1.807, 2.05) is 31.2 Å². The first kappa shape index (κ1) is 21.8. The van der Waals surface area contributed by atoms with Crippen LogP contribution in [-0.2, 0) is 9.53 Å². The molecular formula is C22H32N2O4. The van der Waals surface area contributed by atoms with Gasteiger partial charge in [-0.15, -0.1) is 0 Å². The van der Waals surface area contributed by atoms with Crippen LogP contribution in [0.15, 0.2) is 35.5 Å². The first-order chi connectivity index (χ1) is 13.6. The molecular weight excluding hydrogens is 356 g/mol. The Morgan fingerprint density at radius 3 is 2.54 bits per heavy atom. The number of amides is 2. The van der Waals surface area contributed by atoms with Gasteiger partial charge in [0.05, 0.1) is 24.8 Å². The number of hydrogen-bond donors (Lipinski definition) is 2. The highest BCUT2D eigenvalue weighted by molar-refractivity contribution is 5.95. The molecule has 1 aromatic rings. The molecule has 0 aromatic heterocycles. The van der Waals surface area contributed by atoms with Crippen molar-refractivity contribution in [2.45, 2.75) is 65.3 Å². The summed E-state index contributed by atoms with van der Waals surface area (Å²) in [6, 6.07) is 6.58. The van der Waals surface area contributed by atoms with Gasteiger partial charge in [-0.25, -0.2) is 9.59 Å². The second-order valence-electron chi connectivity index (χ2n) is 7.01. The molecule has 1 aliphatic rings. The quantitative estimate of drug-likeness (QED) is 0.428. The van der Waals surface area contributed by atoms with Crippen LogP contribution < -0.4 is 15.4 Å². The number of rotatable bonds is 11. The van der Waals surface area contributed by atoms with E-state index in [0.29, 0.717) is 30.2 Å². The van der Waals surface area contributed by atoms with Crippen LogP contribution in [0.3, 0.4) is 0 Å². The zero-order valence-corrected chi connectivity index (χ0v) is 17.2. The van der Waals surface area contributed by atoms with Crippen LogP contribution in [0.5, 0.6) is 5.75 Å². The minimum Gasteiger partial charge on any atom is -0.493 e. The SMILES string of the molecule is CCCCCCCOc1ccccc1C1NC(=O)NC(C)=C1C(=O)OCCC. The highest BCUT2D eigenvalue weighted by atomic mass is 16.5. The van der Waals surface area contributed by atoms with Gasteiger partial charge >= 0.3 is 12.0 Å². The van der Waals surface area contributed by atoms with Crippen LogP contribution in [0.4, 0.5) is 4.79 Å². The lowest BCUT2D eigenvalue weighted by Crippen LogP contribution is -2.45.